The summed E-state index contributed by atoms with van der Waals surface area (Å²) in [5.74, 6) is -0.308. The normalized spacial score (nSPS) is 26.8. The number of furan rings is 1. The van der Waals surface area contributed by atoms with Crippen LogP contribution in [0.1, 0.15) is 37.0 Å². The predicted octanol–water partition coefficient (Wildman–Crippen LogP) is 2.36. The van der Waals surface area contributed by atoms with Crippen LogP contribution in [0.3, 0.4) is 0 Å². The molecular formula is C20H21N3O4. The van der Waals surface area contributed by atoms with Gasteiger partial charge in [-0.1, -0.05) is 30.3 Å². The van der Waals surface area contributed by atoms with Gasteiger partial charge in [-0.3, -0.25) is 15.0 Å². The Balaban J connectivity index is 1.37. The first-order valence-corrected chi connectivity index (χ1v) is 9.02. The minimum atomic E-state index is -1.04. The quantitative estimate of drug-likeness (QED) is 0.767. The van der Waals surface area contributed by atoms with Crippen LogP contribution in [0.2, 0.25) is 0 Å². The monoisotopic (exact) mass is 367 g/mol. The molecule has 3 atom stereocenters. The number of hydrazine groups is 1. The van der Waals surface area contributed by atoms with Gasteiger partial charge in [0.15, 0.2) is 0 Å². The molecule has 1 aromatic carbocycles. The van der Waals surface area contributed by atoms with Gasteiger partial charge in [0.05, 0.1) is 12.2 Å². The molecule has 2 N–H and O–H groups in total. The summed E-state index contributed by atoms with van der Waals surface area (Å²) in [5, 5.41) is 3.52. The molecule has 27 heavy (non-hydrogen) atoms. The Bertz CT molecular complexity index is 865. The molecule has 2 heterocycles. The zero-order chi connectivity index (χ0) is 19.0. The van der Waals surface area contributed by atoms with Gasteiger partial charge in [-0.25, -0.2) is 4.79 Å². The predicted molar refractivity (Wildman–Crippen MR) is 96.2 cm³/mol. The number of nitrogens with one attached hydrogen (secondary N) is 2. The number of benzene rings is 1. The van der Waals surface area contributed by atoms with E-state index in [1.807, 2.05) is 36.4 Å². The van der Waals surface area contributed by atoms with Crippen LogP contribution in [-0.2, 0) is 16.0 Å². The van der Waals surface area contributed by atoms with Crippen LogP contribution in [0.25, 0.3) is 0 Å². The highest BCUT2D eigenvalue weighted by Gasteiger charge is 2.51. The second-order valence-electron chi connectivity index (χ2n) is 7.33. The van der Waals surface area contributed by atoms with E-state index in [1.165, 1.54) is 0 Å². The van der Waals surface area contributed by atoms with Gasteiger partial charge in [-0.05, 0) is 43.9 Å². The van der Waals surface area contributed by atoms with E-state index in [0.717, 1.165) is 16.3 Å². The summed E-state index contributed by atoms with van der Waals surface area (Å²) in [6, 6.07) is 12.8. The molecule has 4 rings (SSSR count). The Morgan fingerprint density at radius 1 is 1.26 bits per heavy atom. The van der Waals surface area contributed by atoms with Crippen LogP contribution < -0.4 is 10.7 Å². The maximum Gasteiger partial charge on any atom is 0.344 e. The summed E-state index contributed by atoms with van der Waals surface area (Å²) in [5.41, 5.74) is 2.52. The first-order chi connectivity index (χ1) is 13.0. The fourth-order valence-corrected chi connectivity index (χ4v) is 3.49. The average molecular weight is 367 g/mol. The molecule has 1 aliphatic heterocycles. The van der Waals surface area contributed by atoms with Gasteiger partial charge < -0.3 is 9.73 Å². The Morgan fingerprint density at radius 3 is 2.74 bits per heavy atom. The average Bonchev–Trinajstić information content (AvgIpc) is 3.22. The lowest BCUT2D eigenvalue weighted by Gasteiger charge is -2.21. The number of rotatable bonds is 6. The number of carbonyl (C=O) groups is 3. The highest BCUT2D eigenvalue weighted by molar-refractivity contribution is 6.07. The summed E-state index contributed by atoms with van der Waals surface area (Å²) in [4.78, 5) is 37.4. The number of hydrogen-bond acceptors (Lipinski definition) is 4. The van der Waals surface area contributed by atoms with Crippen molar-refractivity contribution in [3.8, 4) is 0 Å². The second-order valence-corrected chi connectivity index (χ2v) is 7.33. The molecule has 2 aromatic rings. The zero-order valence-corrected chi connectivity index (χ0v) is 15.0. The van der Waals surface area contributed by atoms with Crippen molar-refractivity contribution < 1.29 is 18.8 Å². The van der Waals surface area contributed by atoms with Gasteiger partial charge in [-0.2, -0.15) is 5.01 Å². The maximum atomic E-state index is 12.8. The lowest BCUT2D eigenvalue weighted by Crippen LogP contribution is -2.49. The lowest BCUT2D eigenvalue weighted by atomic mass is 9.93. The van der Waals surface area contributed by atoms with Crippen LogP contribution in [0.5, 0.6) is 0 Å². The van der Waals surface area contributed by atoms with Crippen LogP contribution in [0.15, 0.2) is 53.1 Å². The van der Waals surface area contributed by atoms with E-state index in [1.54, 1.807) is 19.3 Å². The number of imide groups is 1. The fourth-order valence-electron chi connectivity index (χ4n) is 3.49. The van der Waals surface area contributed by atoms with Crippen LogP contribution >= 0.6 is 0 Å². The van der Waals surface area contributed by atoms with Crippen molar-refractivity contribution in [3.05, 3.63) is 60.1 Å². The van der Waals surface area contributed by atoms with E-state index in [0.29, 0.717) is 19.3 Å². The molecule has 3 unspecified atom stereocenters. The molecule has 7 heteroatoms. The van der Waals surface area contributed by atoms with Crippen LogP contribution in [-0.4, -0.2) is 28.4 Å². The number of urea groups is 1. The number of nitrogens with zero attached hydrogens (tertiary/aromatic N) is 1. The second kappa shape index (κ2) is 6.57. The van der Waals surface area contributed by atoms with Crippen molar-refractivity contribution in [2.24, 2.45) is 5.92 Å². The molecule has 0 radical (unpaired) electrons. The van der Waals surface area contributed by atoms with Gasteiger partial charge in [0.25, 0.3) is 5.91 Å². The highest BCUT2D eigenvalue weighted by Crippen LogP contribution is 2.47. The summed E-state index contributed by atoms with van der Waals surface area (Å²) in [7, 11) is 0. The number of hydrogen-bond donors (Lipinski definition) is 2. The highest BCUT2D eigenvalue weighted by atomic mass is 16.3. The molecule has 2 fully saturated rings. The first-order valence-electron chi connectivity index (χ1n) is 9.02. The van der Waals surface area contributed by atoms with Gasteiger partial charge in [-0.15, -0.1) is 0 Å². The topological polar surface area (TPSA) is 91.7 Å². The molecule has 4 amide bonds. The van der Waals surface area contributed by atoms with E-state index in [-0.39, 0.29) is 17.7 Å². The number of carbonyl (C=O) groups excluding carboxylic acids is 3. The summed E-state index contributed by atoms with van der Waals surface area (Å²) in [6.07, 6.45) is 3.31. The molecule has 7 nitrogen and oxygen atoms in total. The van der Waals surface area contributed by atoms with Gasteiger partial charge in [0, 0.05) is 5.92 Å². The number of aryl methyl sites for hydroxylation is 1. The number of amides is 4. The molecule has 0 spiro atoms. The van der Waals surface area contributed by atoms with Gasteiger partial charge in [0.1, 0.15) is 11.3 Å². The van der Waals surface area contributed by atoms with Crippen molar-refractivity contribution >= 4 is 17.8 Å². The van der Waals surface area contributed by atoms with E-state index >= 15 is 0 Å². The summed E-state index contributed by atoms with van der Waals surface area (Å²) >= 11 is 0. The van der Waals surface area contributed by atoms with E-state index < -0.39 is 17.5 Å². The third kappa shape index (κ3) is 3.32. The van der Waals surface area contributed by atoms with Crippen molar-refractivity contribution in [3.63, 3.8) is 0 Å². The molecule has 1 saturated heterocycles. The third-order valence-corrected chi connectivity index (χ3v) is 5.28. The van der Waals surface area contributed by atoms with E-state index in [9.17, 15) is 14.4 Å². The Labute approximate surface area is 156 Å². The molecule has 1 aliphatic carbocycles. The SMILES string of the molecule is CC1(CCc2ccccc2)NC(=O)N(NC(=O)C2CC2c2ccco2)C1=O. The Hall–Kier alpha value is -3.09. The van der Waals surface area contributed by atoms with E-state index in [2.05, 4.69) is 10.7 Å². The summed E-state index contributed by atoms with van der Waals surface area (Å²) in [6.45, 7) is 1.69. The van der Waals surface area contributed by atoms with Crippen molar-refractivity contribution in [1.82, 2.24) is 15.8 Å². The fraction of sp³-hybridized carbons (Fsp3) is 0.350. The lowest BCUT2D eigenvalue weighted by molar-refractivity contribution is -0.139. The Morgan fingerprint density at radius 2 is 2.04 bits per heavy atom. The third-order valence-electron chi connectivity index (χ3n) is 5.28. The smallest absolute Gasteiger partial charge is 0.344 e. The zero-order valence-electron chi connectivity index (χ0n) is 15.0. The molecule has 2 aliphatic rings. The Kier molecular flexibility index (Phi) is 4.22. The first kappa shape index (κ1) is 17.3. The van der Waals surface area contributed by atoms with Crippen molar-refractivity contribution in [2.75, 3.05) is 0 Å². The summed E-state index contributed by atoms with van der Waals surface area (Å²) < 4.78 is 5.32. The van der Waals surface area contributed by atoms with Gasteiger partial charge >= 0.3 is 6.03 Å². The minimum absolute atomic E-state index is 0.00484. The van der Waals surface area contributed by atoms with E-state index in [4.69, 9.17) is 4.42 Å². The van der Waals surface area contributed by atoms with Crippen LogP contribution in [0, 0.1) is 5.92 Å². The standard InChI is InChI=1S/C20H21N3O4/c1-20(10-9-13-6-3-2-4-7-13)18(25)23(19(26)21-20)22-17(24)15-12-14(15)16-8-5-11-27-16/h2-8,11,14-15H,9-10,12H2,1H3,(H,21,26)(H,22,24). The molecule has 0 bridgehead atoms. The molecule has 1 saturated carbocycles. The molecular weight excluding hydrogens is 346 g/mol. The largest absolute Gasteiger partial charge is 0.469 e. The van der Waals surface area contributed by atoms with Crippen molar-refractivity contribution in [1.29, 1.82) is 0 Å². The minimum Gasteiger partial charge on any atom is -0.469 e. The van der Waals surface area contributed by atoms with Crippen LogP contribution in [0.4, 0.5) is 4.79 Å². The van der Waals surface area contributed by atoms with Gasteiger partial charge in [0.2, 0.25) is 5.91 Å². The van der Waals surface area contributed by atoms with Crippen molar-refractivity contribution in [2.45, 2.75) is 37.6 Å². The molecule has 1 aromatic heterocycles. The molecule has 140 valence electrons. The maximum absolute atomic E-state index is 12.8.